The number of hydrogen-bond acceptors (Lipinski definition) is 7. The molecule has 2 N–H and O–H groups in total. The minimum atomic E-state index is -3.28. The molecule has 220 valence electrons. The first-order chi connectivity index (χ1) is 19.7. The number of methoxy groups -OCH3 is 1. The van der Waals surface area contributed by atoms with E-state index >= 15 is 4.39 Å². The van der Waals surface area contributed by atoms with E-state index in [-0.39, 0.29) is 28.1 Å². The van der Waals surface area contributed by atoms with Gasteiger partial charge in [-0.1, -0.05) is 0 Å². The van der Waals surface area contributed by atoms with Gasteiger partial charge in [-0.15, -0.1) is 5.10 Å². The fourth-order valence-electron chi connectivity index (χ4n) is 4.98. The van der Waals surface area contributed by atoms with Crippen molar-refractivity contribution in [1.29, 1.82) is 0 Å². The lowest BCUT2D eigenvalue weighted by Gasteiger charge is -2.30. The highest BCUT2D eigenvalue weighted by atomic mass is 19.3. The van der Waals surface area contributed by atoms with Crippen LogP contribution in [0, 0.1) is 18.6 Å². The van der Waals surface area contributed by atoms with Crippen LogP contribution < -0.4 is 10.1 Å². The average Bonchev–Trinajstić information content (AvgIpc) is 3.26. The van der Waals surface area contributed by atoms with Crippen LogP contribution in [0.15, 0.2) is 48.5 Å². The second-order valence-corrected chi connectivity index (χ2v) is 10.9. The van der Waals surface area contributed by atoms with Gasteiger partial charge in [-0.3, -0.25) is 4.79 Å². The number of carbonyl (C=O) groups is 1. The molecule has 5 rings (SSSR count). The number of ether oxygens (including phenoxy) is 2. The van der Waals surface area contributed by atoms with Crippen molar-refractivity contribution in [3.8, 4) is 17.0 Å². The third kappa shape index (κ3) is 5.64. The largest absolute Gasteiger partial charge is 0.494 e. The van der Waals surface area contributed by atoms with Crippen molar-refractivity contribution >= 4 is 16.8 Å². The van der Waals surface area contributed by atoms with Gasteiger partial charge in [0.25, 0.3) is 11.8 Å². The van der Waals surface area contributed by atoms with E-state index in [0.29, 0.717) is 22.3 Å². The van der Waals surface area contributed by atoms with Gasteiger partial charge in [0.15, 0.2) is 5.82 Å². The van der Waals surface area contributed by atoms with Gasteiger partial charge in [-0.05, 0) is 69.3 Å². The predicted octanol–water partition coefficient (Wildman–Crippen LogP) is 5.20. The Morgan fingerprint density at radius 3 is 2.45 bits per heavy atom. The topological polar surface area (TPSA) is 106 Å². The first kappa shape index (κ1) is 29.3. The highest BCUT2D eigenvalue weighted by Crippen LogP contribution is 2.45. The molecule has 0 spiro atoms. The summed E-state index contributed by atoms with van der Waals surface area (Å²) in [5.74, 6) is -5.07. The van der Waals surface area contributed by atoms with Gasteiger partial charge in [0.2, 0.25) is 0 Å². The van der Waals surface area contributed by atoms with Crippen molar-refractivity contribution in [2.45, 2.75) is 44.3 Å². The Bertz CT molecular complexity index is 1680. The number of aliphatic hydroxyl groups is 1. The van der Waals surface area contributed by atoms with Gasteiger partial charge < -0.3 is 19.9 Å². The highest BCUT2D eigenvalue weighted by Gasteiger charge is 2.53. The summed E-state index contributed by atoms with van der Waals surface area (Å²) in [5.41, 5.74) is -2.89. The minimum absolute atomic E-state index is 0.125. The van der Waals surface area contributed by atoms with Gasteiger partial charge in [-0.25, -0.2) is 22.5 Å². The Balaban J connectivity index is 1.57. The molecule has 0 aliphatic carbocycles. The highest BCUT2D eigenvalue weighted by molar-refractivity contribution is 5.99. The summed E-state index contributed by atoms with van der Waals surface area (Å²) in [7, 11) is 1.42. The van der Waals surface area contributed by atoms with E-state index in [4.69, 9.17) is 9.47 Å². The molecular formula is C30H28F4N4O4. The number of benzene rings is 2. The molecule has 1 unspecified atom stereocenters. The molecule has 1 fully saturated rings. The van der Waals surface area contributed by atoms with Crippen LogP contribution in [0.3, 0.4) is 0 Å². The van der Waals surface area contributed by atoms with Crippen molar-refractivity contribution in [2.75, 3.05) is 20.3 Å². The van der Waals surface area contributed by atoms with Crippen molar-refractivity contribution in [3.63, 3.8) is 0 Å². The van der Waals surface area contributed by atoms with E-state index in [1.54, 1.807) is 19.1 Å². The Morgan fingerprint density at radius 2 is 1.83 bits per heavy atom. The first-order valence-corrected chi connectivity index (χ1v) is 13.0. The summed E-state index contributed by atoms with van der Waals surface area (Å²) in [6.07, 6.45) is -0.872. The van der Waals surface area contributed by atoms with Gasteiger partial charge in [0.1, 0.15) is 35.0 Å². The maximum Gasteiger partial charge on any atom is 0.274 e. The fourth-order valence-corrected chi connectivity index (χ4v) is 4.98. The maximum absolute atomic E-state index is 15.7. The number of carbonyl (C=O) groups excluding carboxylic acids is 1. The standard InChI is InChI=1S/C30H28F4N4O4/c1-16-9-18-10-19(11-22(41-4)25(18)38-37-16)27(39)35-14-29(13-30(33,34)15-42-29)23-12-21(28(2,3)40)24(32)26(36-23)17-5-7-20(31)8-6-17/h5-12,40H,13-15H2,1-4H3,(H,35,39). The lowest BCUT2D eigenvalue weighted by atomic mass is 9.88. The van der Waals surface area contributed by atoms with E-state index in [9.17, 15) is 23.1 Å². The number of amides is 1. The molecule has 2 aromatic carbocycles. The molecule has 4 aromatic rings. The van der Waals surface area contributed by atoms with Gasteiger partial charge in [0.05, 0.1) is 37.1 Å². The van der Waals surface area contributed by atoms with Crippen LogP contribution in [0.2, 0.25) is 0 Å². The Kier molecular flexibility index (Phi) is 7.40. The van der Waals surface area contributed by atoms with Gasteiger partial charge in [-0.2, -0.15) is 5.10 Å². The predicted molar refractivity (Wildman–Crippen MR) is 145 cm³/mol. The molecule has 0 saturated carbocycles. The van der Waals surface area contributed by atoms with E-state index in [0.717, 1.165) is 18.2 Å². The minimum Gasteiger partial charge on any atom is -0.494 e. The Hall–Kier alpha value is -4.16. The molecule has 1 aliphatic rings. The van der Waals surface area contributed by atoms with E-state index in [1.165, 1.54) is 39.2 Å². The second kappa shape index (κ2) is 10.6. The van der Waals surface area contributed by atoms with Crippen molar-refractivity contribution in [3.05, 3.63) is 82.7 Å². The monoisotopic (exact) mass is 584 g/mol. The number of alkyl halides is 2. The quantitative estimate of drug-likeness (QED) is 0.288. The Labute approximate surface area is 238 Å². The first-order valence-electron chi connectivity index (χ1n) is 13.0. The van der Waals surface area contributed by atoms with Crippen LogP contribution in [-0.4, -0.2) is 52.4 Å². The number of nitrogens with zero attached hydrogens (tertiary/aromatic N) is 3. The summed E-state index contributed by atoms with van der Waals surface area (Å²) in [6, 6.07) is 10.7. The van der Waals surface area contributed by atoms with Gasteiger partial charge >= 0.3 is 0 Å². The molecule has 1 saturated heterocycles. The van der Waals surface area contributed by atoms with Crippen LogP contribution in [0.1, 0.15) is 47.6 Å². The van der Waals surface area contributed by atoms with Crippen molar-refractivity contribution in [2.24, 2.45) is 0 Å². The van der Waals surface area contributed by atoms with Crippen molar-refractivity contribution < 1.29 is 36.9 Å². The summed E-state index contributed by atoms with van der Waals surface area (Å²) in [4.78, 5) is 17.7. The zero-order chi connectivity index (χ0) is 30.4. The molecular weight excluding hydrogens is 556 g/mol. The second-order valence-electron chi connectivity index (χ2n) is 10.9. The number of halogens is 4. The lowest BCUT2D eigenvalue weighted by molar-refractivity contribution is -0.0266. The zero-order valence-corrected chi connectivity index (χ0v) is 23.3. The number of rotatable bonds is 7. The molecule has 3 heterocycles. The molecule has 0 radical (unpaired) electrons. The summed E-state index contributed by atoms with van der Waals surface area (Å²) < 4.78 is 69.7. The van der Waals surface area contributed by atoms with Crippen LogP contribution in [0.4, 0.5) is 17.6 Å². The number of hydrogen-bond donors (Lipinski definition) is 2. The molecule has 2 aromatic heterocycles. The van der Waals surface area contributed by atoms with Crippen molar-refractivity contribution in [1.82, 2.24) is 20.5 Å². The Morgan fingerprint density at radius 1 is 1.12 bits per heavy atom. The van der Waals surface area contributed by atoms with Crippen LogP contribution in [-0.2, 0) is 15.9 Å². The summed E-state index contributed by atoms with van der Waals surface area (Å²) in [6.45, 7) is 2.99. The van der Waals surface area contributed by atoms with E-state index in [2.05, 4.69) is 20.5 Å². The number of nitrogens with one attached hydrogen (secondary N) is 1. The SMILES string of the molecule is COc1cc(C(=O)NCC2(c3cc(C(C)(C)O)c(F)c(-c4ccc(F)cc4)n3)CC(F)(F)CO2)cc2cc(C)nnc12. The van der Waals surface area contributed by atoms with E-state index < -0.39 is 54.2 Å². The van der Waals surface area contributed by atoms with Crippen LogP contribution in [0.25, 0.3) is 22.2 Å². The maximum atomic E-state index is 15.7. The normalized spacial score (nSPS) is 18.3. The molecule has 0 bridgehead atoms. The summed E-state index contributed by atoms with van der Waals surface area (Å²) in [5, 5.41) is 22.1. The fraction of sp³-hybridized carbons (Fsp3) is 0.333. The van der Waals surface area contributed by atoms with Crippen LogP contribution in [0.5, 0.6) is 5.75 Å². The van der Waals surface area contributed by atoms with Crippen LogP contribution >= 0.6 is 0 Å². The average molecular weight is 585 g/mol. The summed E-state index contributed by atoms with van der Waals surface area (Å²) >= 11 is 0. The zero-order valence-electron chi connectivity index (χ0n) is 23.3. The number of aryl methyl sites for hydroxylation is 1. The molecule has 1 atom stereocenters. The molecule has 1 aliphatic heterocycles. The third-order valence-electron chi connectivity index (χ3n) is 7.10. The molecule has 42 heavy (non-hydrogen) atoms. The lowest BCUT2D eigenvalue weighted by Crippen LogP contribution is -2.42. The smallest absolute Gasteiger partial charge is 0.274 e. The van der Waals surface area contributed by atoms with Gasteiger partial charge in [0, 0.05) is 22.1 Å². The number of fused-ring (bicyclic) bond motifs is 1. The number of pyridine rings is 1. The molecule has 1 amide bonds. The molecule has 8 nitrogen and oxygen atoms in total. The molecule has 12 heteroatoms. The van der Waals surface area contributed by atoms with E-state index in [1.807, 2.05) is 0 Å². The third-order valence-corrected chi connectivity index (χ3v) is 7.10. The number of aromatic nitrogens is 3.